The Balaban J connectivity index is 0.00000159. The number of hydrogen-bond acceptors (Lipinski definition) is 0. The van der Waals surface area contributed by atoms with Gasteiger partial charge in [-0.25, -0.2) is 0 Å². The van der Waals surface area contributed by atoms with Gasteiger partial charge in [-0.1, -0.05) is 68.2 Å². The van der Waals surface area contributed by atoms with Gasteiger partial charge in [0.2, 0.25) is 0 Å². The van der Waals surface area contributed by atoms with E-state index in [4.69, 9.17) is 17.0 Å². The van der Waals surface area contributed by atoms with Gasteiger partial charge in [0.25, 0.3) is 0 Å². The third-order valence-corrected chi connectivity index (χ3v) is 9.19. The molecule has 0 radical (unpaired) electrons. The summed E-state index contributed by atoms with van der Waals surface area (Å²) in [6, 6.07) is 0. The van der Waals surface area contributed by atoms with E-state index in [1.807, 2.05) is 0 Å². The van der Waals surface area contributed by atoms with E-state index in [0.717, 1.165) is 35.5 Å². The quantitative estimate of drug-likeness (QED) is 0.307. The van der Waals surface area contributed by atoms with Crippen LogP contribution in [-0.4, -0.2) is 0 Å². The maximum absolute atomic E-state index is 4.93. The van der Waals surface area contributed by atoms with E-state index in [1.54, 1.807) is 0 Å². The minimum atomic E-state index is -0.826. The second kappa shape index (κ2) is 12.2. The average Bonchev–Trinajstić information content (AvgIpc) is 3.20. The van der Waals surface area contributed by atoms with Crippen LogP contribution in [-0.2, 0) is 20.8 Å². The maximum atomic E-state index is 4.93. The van der Waals surface area contributed by atoms with E-state index in [-0.39, 0.29) is 14.9 Å². The summed E-state index contributed by atoms with van der Waals surface area (Å²) in [5.74, 6) is 5.90. The van der Waals surface area contributed by atoms with E-state index < -0.39 is 20.8 Å². The first-order valence-electron chi connectivity index (χ1n) is 11.8. The monoisotopic (exact) mass is 536 g/mol. The van der Waals surface area contributed by atoms with Crippen LogP contribution in [0.15, 0.2) is 0 Å². The molecule has 0 aromatic carbocycles. The summed E-state index contributed by atoms with van der Waals surface area (Å²) in [4.78, 5) is 0. The fourth-order valence-corrected chi connectivity index (χ4v) is 7.41. The van der Waals surface area contributed by atoms with E-state index in [1.165, 1.54) is 51.4 Å². The van der Waals surface area contributed by atoms with E-state index in [0.29, 0.717) is 16.2 Å². The van der Waals surface area contributed by atoms with Crippen LogP contribution in [0.5, 0.6) is 0 Å². The molecule has 6 atom stereocenters. The molecule has 0 spiro atoms. The van der Waals surface area contributed by atoms with Gasteiger partial charge in [-0.15, -0.1) is 0 Å². The summed E-state index contributed by atoms with van der Waals surface area (Å²) in [6.07, 6.45) is 12.0. The molecule has 6 unspecified atom stereocenters. The molecule has 178 valence electrons. The van der Waals surface area contributed by atoms with Gasteiger partial charge in [0, 0.05) is 0 Å². The average molecular weight is 539 g/mol. The summed E-state index contributed by atoms with van der Waals surface area (Å²) in [5.41, 5.74) is 1.54. The summed E-state index contributed by atoms with van der Waals surface area (Å²) in [7, 11) is 9.87. The SMILES string of the molecule is CC(C)(C)C1CCC(C(C)(C)C2CC(C(C)(C)C)C3CCCCC32)C1.[CH3-].[CH3-].[Cl][Zr+2][Cl]. The molecule has 3 rings (SSSR count). The Bertz CT molecular complexity index is 488. The van der Waals surface area contributed by atoms with Crippen molar-refractivity contribution in [1.82, 2.24) is 0 Å². The van der Waals surface area contributed by atoms with Crippen LogP contribution in [0.2, 0.25) is 0 Å². The zero-order chi connectivity index (χ0) is 21.3. The predicted molar refractivity (Wildman–Crippen MR) is 135 cm³/mol. The molecule has 0 aromatic heterocycles. The van der Waals surface area contributed by atoms with Crippen LogP contribution >= 0.6 is 17.0 Å². The Hall–Kier alpha value is 1.46. The van der Waals surface area contributed by atoms with Crippen molar-refractivity contribution < 1.29 is 20.8 Å². The summed E-state index contributed by atoms with van der Waals surface area (Å²) in [6.45, 7) is 20.3. The fourth-order valence-electron chi connectivity index (χ4n) is 7.41. The normalized spacial score (nSPS) is 33.9. The van der Waals surface area contributed by atoms with Gasteiger partial charge >= 0.3 is 37.9 Å². The van der Waals surface area contributed by atoms with Gasteiger partial charge in [0.1, 0.15) is 0 Å². The Morgan fingerprint density at radius 3 is 1.43 bits per heavy atom. The fraction of sp³-hybridized carbons (Fsp3) is 0.926. The van der Waals surface area contributed by atoms with Gasteiger partial charge in [0.05, 0.1) is 0 Å². The molecule has 3 heteroatoms. The van der Waals surface area contributed by atoms with Gasteiger partial charge in [-0.05, 0) is 90.3 Å². The molecule has 0 saturated heterocycles. The van der Waals surface area contributed by atoms with Crippen molar-refractivity contribution in [1.29, 1.82) is 0 Å². The summed E-state index contributed by atoms with van der Waals surface area (Å²) < 4.78 is 0. The Morgan fingerprint density at radius 1 is 0.600 bits per heavy atom. The third-order valence-electron chi connectivity index (χ3n) is 9.19. The van der Waals surface area contributed by atoms with Crippen molar-refractivity contribution in [2.75, 3.05) is 0 Å². The minimum absolute atomic E-state index is 0. The molecule has 0 amide bonds. The van der Waals surface area contributed by atoms with E-state index in [9.17, 15) is 0 Å². The molecule has 0 nitrogen and oxygen atoms in total. The van der Waals surface area contributed by atoms with Crippen molar-refractivity contribution in [2.45, 2.75) is 107 Å². The molecule has 0 N–H and O–H groups in total. The van der Waals surface area contributed by atoms with Gasteiger partial charge in [-0.2, -0.15) is 0 Å². The Kier molecular flexibility index (Phi) is 12.8. The van der Waals surface area contributed by atoms with Crippen LogP contribution in [0.4, 0.5) is 0 Å². The molecule has 3 saturated carbocycles. The van der Waals surface area contributed by atoms with E-state index >= 15 is 0 Å². The van der Waals surface area contributed by atoms with Crippen molar-refractivity contribution in [3.8, 4) is 0 Å². The third kappa shape index (κ3) is 7.23. The number of rotatable bonds is 2. The topological polar surface area (TPSA) is 0 Å². The number of fused-ring (bicyclic) bond motifs is 1. The standard InChI is InChI=1S/C25H46.2CH3.2ClH.Zr/c1-23(2,3)17-13-14-18(15-17)25(7,8)22-16-21(24(4,5)6)19-11-9-10-12-20(19)22;;;;;/h17-22H,9-16H2,1-8H3;2*1H3;2*1H;/q;2*-1;;;+4/p-2. The van der Waals surface area contributed by atoms with Crippen LogP contribution in [0, 0.1) is 66.6 Å². The molecule has 0 bridgehead atoms. The zero-order valence-corrected chi connectivity index (χ0v) is 25.8. The van der Waals surface area contributed by atoms with Crippen molar-refractivity contribution >= 4 is 17.0 Å². The van der Waals surface area contributed by atoms with Crippen molar-refractivity contribution in [2.24, 2.45) is 51.8 Å². The molecular formula is C27H52Cl2Zr. The first-order chi connectivity index (χ1) is 12.8. The molecule has 3 aliphatic carbocycles. The number of halogens is 2. The van der Waals surface area contributed by atoms with Crippen molar-refractivity contribution in [3.63, 3.8) is 0 Å². The molecule has 30 heavy (non-hydrogen) atoms. The molecule has 0 aliphatic heterocycles. The van der Waals surface area contributed by atoms with Crippen molar-refractivity contribution in [3.05, 3.63) is 14.9 Å². The summed E-state index contributed by atoms with van der Waals surface area (Å²) >= 11 is -0.826. The predicted octanol–water partition coefficient (Wildman–Crippen LogP) is 10.2. The van der Waals surface area contributed by atoms with Crippen LogP contribution in [0.1, 0.15) is 107 Å². The van der Waals surface area contributed by atoms with Crippen LogP contribution < -0.4 is 0 Å². The van der Waals surface area contributed by atoms with Gasteiger partial charge in [-0.3, -0.25) is 0 Å². The Labute approximate surface area is 210 Å². The molecule has 3 aliphatic rings. The van der Waals surface area contributed by atoms with Crippen LogP contribution in [0.3, 0.4) is 0 Å². The number of hydrogen-bond donors (Lipinski definition) is 0. The Morgan fingerprint density at radius 2 is 1.03 bits per heavy atom. The van der Waals surface area contributed by atoms with Gasteiger partial charge in [0.15, 0.2) is 0 Å². The van der Waals surface area contributed by atoms with Crippen LogP contribution in [0.25, 0.3) is 0 Å². The molecule has 0 aromatic rings. The first kappa shape index (κ1) is 31.5. The van der Waals surface area contributed by atoms with Gasteiger partial charge < -0.3 is 14.9 Å². The molecule has 0 heterocycles. The summed E-state index contributed by atoms with van der Waals surface area (Å²) in [5, 5.41) is 0. The zero-order valence-electron chi connectivity index (χ0n) is 21.9. The molecule has 3 fully saturated rings. The second-order valence-electron chi connectivity index (χ2n) is 12.9. The second-order valence-corrected chi connectivity index (χ2v) is 16.6. The first-order valence-corrected chi connectivity index (χ1v) is 18.1. The van der Waals surface area contributed by atoms with E-state index in [2.05, 4.69) is 55.4 Å². The molecular weight excluding hydrogens is 486 g/mol.